The molecule has 128 valence electrons. The zero-order valence-corrected chi connectivity index (χ0v) is 14.8. The normalized spacial score (nSPS) is 17.2. The molecule has 0 spiro atoms. The second kappa shape index (κ2) is 6.52. The fraction of sp³-hybridized carbons (Fsp3) is 0.500. The summed E-state index contributed by atoms with van der Waals surface area (Å²) in [5.41, 5.74) is 3.58. The molecule has 1 aliphatic heterocycles. The monoisotopic (exact) mass is 326 g/mol. The van der Waals surface area contributed by atoms with Crippen molar-refractivity contribution in [3.63, 3.8) is 0 Å². The summed E-state index contributed by atoms with van der Waals surface area (Å²) in [6, 6.07) is 8.09. The Bertz CT molecular complexity index is 756. The Morgan fingerprint density at radius 2 is 1.96 bits per heavy atom. The highest BCUT2D eigenvalue weighted by molar-refractivity contribution is 5.98. The average Bonchev–Trinajstić information content (AvgIpc) is 2.60. The molecule has 0 aliphatic carbocycles. The number of fused-ring (bicyclic) bond motifs is 1. The first kappa shape index (κ1) is 16.9. The highest BCUT2D eigenvalue weighted by atomic mass is 16.3. The predicted octanol–water partition coefficient (Wildman–Crippen LogP) is 3.48. The number of aliphatic hydroxyl groups is 1. The number of likely N-dealkylation sites (tertiary alicyclic amines) is 1. The SMILES string of the molecule is CCC1(CO)CCN(C(=O)c2cc3ccc(C)cc3nc2C)CC1. The van der Waals surface area contributed by atoms with Crippen LogP contribution < -0.4 is 0 Å². The van der Waals surface area contributed by atoms with E-state index in [1.54, 1.807) is 0 Å². The van der Waals surface area contributed by atoms with Crippen LogP contribution in [0, 0.1) is 19.3 Å². The van der Waals surface area contributed by atoms with E-state index in [9.17, 15) is 9.90 Å². The Morgan fingerprint density at radius 1 is 1.25 bits per heavy atom. The van der Waals surface area contributed by atoms with Gasteiger partial charge in [0.25, 0.3) is 5.91 Å². The molecule has 0 atom stereocenters. The number of piperidine rings is 1. The molecule has 0 bridgehead atoms. The minimum Gasteiger partial charge on any atom is -0.396 e. The van der Waals surface area contributed by atoms with Crippen molar-refractivity contribution in [2.24, 2.45) is 5.41 Å². The second-order valence-corrected chi connectivity index (χ2v) is 7.12. The van der Waals surface area contributed by atoms with Crippen molar-refractivity contribution >= 4 is 16.8 Å². The summed E-state index contributed by atoms with van der Waals surface area (Å²) in [6.45, 7) is 7.69. The maximum Gasteiger partial charge on any atom is 0.255 e. The lowest BCUT2D eigenvalue weighted by molar-refractivity contribution is 0.0337. The molecule has 24 heavy (non-hydrogen) atoms. The van der Waals surface area contributed by atoms with Gasteiger partial charge in [-0.25, -0.2) is 0 Å². The number of rotatable bonds is 3. The summed E-state index contributed by atoms with van der Waals surface area (Å²) >= 11 is 0. The number of amides is 1. The number of aromatic nitrogens is 1. The first-order valence-corrected chi connectivity index (χ1v) is 8.76. The van der Waals surface area contributed by atoms with Gasteiger partial charge in [0.1, 0.15) is 0 Å². The molecular weight excluding hydrogens is 300 g/mol. The number of nitrogens with zero attached hydrogens (tertiary/aromatic N) is 2. The molecule has 1 fully saturated rings. The minimum atomic E-state index is -0.00894. The first-order valence-electron chi connectivity index (χ1n) is 8.76. The molecule has 0 saturated carbocycles. The van der Waals surface area contributed by atoms with Crippen LogP contribution >= 0.6 is 0 Å². The molecule has 1 aromatic heterocycles. The van der Waals surface area contributed by atoms with Crippen LogP contribution in [0.4, 0.5) is 0 Å². The smallest absolute Gasteiger partial charge is 0.255 e. The summed E-state index contributed by atoms with van der Waals surface area (Å²) < 4.78 is 0. The number of hydrogen-bond donors (Lipinski definition) is 1. The lowest BCUT2D eigenvalue weighted by atomic mass is 9.77. The fourth-order valence-electron chi connectivity index (χ4n) is 3.57. The number of carbonyl (C=O) groups is 1. The van der Waals surface area contributed by atoms with Crippen LogP contribution in [0.25, 0.3) is 10.9 Å². The van der Waals surface area contributed by atoms with Crippen molar-refractivity contribution in [3.05, 3.63) is 41.1 Å². The minimum absolute atomic E-state index is 0.00894. The molecule has 4 heteroatoms. The van der Waals surface area contributed by atoms with Crippen LogP contribution in [0.1, 0.15) is 47.8 Å². The fourth-order valence-corrected chi connectivity index (χ4v) is 3.57. The lowest BCUT2D eigenvalue weighted by Crippen LogP contribution is -2.44. The van der Waals surface area contributed by atoms with E-state index < -0.39 is 0 Å². The lowest BCUT2D eigenvalue weighted by Gasteiger charge is -2.40. The molecule has 4 nitrogen and oxygen atoms in total. The predicted molar refractivity (Wildman–Crippen MR) is 96.2 cm³/mol. The van der Waals surface area contributed by atoms with Gasteiger partial charge in [-0.3, -0.25) is 9.78 Å². The van der Waals surface area contributed by atoms with Gasteiger partial charge in [-0.1, -0.05) is 19.1 Å². The Labute approximate surface area is 143 Å². The molecule has 1 saturated heterocycles. The summed E-state index contributed by atoms with van der Waals surface area (Å²) in [7, 11) is 0. The van der Waals surface area contributed by atoms with E-state index >= 15 is 0 Å². The Morgan fingerprint density at radius 3 is 2.58 bits per heavy atom. The molecule has 3 rings (SSSR count). The first-order chi connectivity index (χ1) is 11.5. The molecule has 2 aromatic rings. The van der Waals surface area contributed by atoms with Gasteiger partial charge in [-0.15, -0.1) is 0 Å². The Balaban J connectivity index is 1.84. The van der Waals surface area contributed by atoms with Crippen LogP contribution in [-0.4, -0.2) is 40.6 Å². The zero-order valence-electron chi connectivity index (χ0n) is 14.8. The van der Waals surface area contributed by atoms with Gasteiger partial charge in [0.05, 0.1) is 16.8 Å². The van der Waals surface area contributed by atoms with Gasteiger partial charge in [-0.2, -0.15) is 0 Å². The van der Waals surface area contributed by atoms with Crippen molar-refractivity contribution in [2.45, 2.75) is 40.0 Å². The van der Waals surface area contributed by atoms with E-state index in [0.29, 0.717) is 18.7 Å². The van der Waals surface area contributed by atoms with Crippen molar-refractivity contribution in [2.75, 3.05) is 19.7 Å². The van der Waals surface area contributed by atoms with Crippen LogP contribution in [0.3, 0.4) is 0 Å². The summed E-state index contributed by atoms with van der Waals surface area (Å²) in [4.78, 5) is 19.5. The standard InChI is InChI=1S/C20H26N2O2/c1-4-20(13-23)7-9-22(10-8-20)19(24)17-12-16-6-5-14(2)11-18(16)21-15(17)3/h5-6,11-12,23H,4,7-10,13H2,1-3H3. The zero-order chi connectivity index (χ0) is 17.3. The van der Waals surface area contributed by atoms with Crippen molar-refractivity contribution in [3.8, 4) is 0 Å². The summed E-state index contributed by atoms with van der Waals surface area (Å²) in [6.07, 6.45) is 2.69. The van der Waals surface area contributed by atoms with Gasteiger partial charge in [0, 0.05) is 25.1 Å². The molecule has 1 aromatic carbocycles. The largest absolute Gasteiger partial charge is 0.396 e. The van der Waals surface area contributed by atoms with Crippen molar-refractivity contribution in [1.82, 2.24) is 9.88 Å². The van der Waals surface area contributed by atoms with Gasteiger partial charge < -0.3 is 10.0 Å². The van der Waals surface area contributed by atoms with Gasteiger partial charge in [-0.05, 0) is 56.2 Å². The molecule has 1 aliphatic rings. The van der Waals surface area contributed by atoms with E-state index in [1.165, 1.54) is 5.56 Å². The third-order valence-electron chi connectivity index (χ3n) is 5.59. The van der Waals surface area contributed by atoms with Crippen molar-refractivity contribution in [1.29, 1.82) is 0 Å². The third kappa shape index (κ3) is 3.03. The van der Waals surface area contributed by atoms with Gasteiger partial charge in [0.2, 0.25) is 0 Å². The topological polar surface area (TPSA) is 53.4 Å². The molecule has 1 amide bonds. The molecule has 2 heterocycles. The van der Waals surface area contributed by atoms with E-state index in [2.05, 4.69) is 11.9 Å². The number of benzene rings is 1. The van der Waals surface area contributed by atoms with Crippen LogP contribution in [0.5, 0.6) is 0 Å². The van der Waals surface area contributed by atoms with Gasteiger partial charge in [0.15, 0.2) is 0 Å². The molecule has 0 unspecified atom stereocenters. The average molecular weight is 326 g/mol. The van der Waals surface area contributed by atoms with E-state index in [-0.39, 0.29) is 17.9 Å². The Hall–Kier alpha value is -1.94. The van der Waals surface area contributed by atoms with Crippen LogP contribution in [0.2, 0.25) is 0 Å². The quantitative estimate of drug-likeness (QED) is 0.939. The van der Waals surface area contributed by atoms with Gasteiger partial charge >= 0.3 is 0 Å². The number of pyridine rings is 1. The molecular formula is C20H26N2O2. The highest BCUT2D eigenvalue weighted by Gasteiger charge is 2.34. The van der Waals surface area contributed by atoms with E-state index in [4.69, 9.17) is 0 Å². The maximum absolute atomic E-state index is 12.9. The number of carbonyl (C=O) groups excluding carboxylic acids is 1. The van der Waals surface area contributed by atoms with E-state index in [0.717, 1.165) is 35.9 Å². The Kier molecular flexibility index (Phi) is 4.59. The molecule has 0 radical (unpaired) electrons. The maximum atomic E-state index is 12.9. The summed E-state index contributed by atoms with van der Waals surface area (Å²) in [5.74, 6) is 0.0603. The number of aryl methyl sites for hydroxylation is 2. The number of aliphatic hydroxyl groups excluding tert-OH is 1. The highest BCUT2D eigenvalue weighted by Crippen LogP contribution is 2.34. The van der Waals surface area contributed by atoms with Crippen LogP contribution in [0.15, 0.2) is 24.3 Å². The molecule has 1 N–H and O–H groups in total. The van der Waals surface area contributed by atoms with E-state index in [1.807, 2.05) is 43.0 Å². The second-order valence-electron chi connectivity index (χ2n) is 7.12. The van der Waals surface area contributed by atoms with Crippen molar-refractivity contribution < 1.29 is 9.90 Å². The van der Waals surface area contributed by atoms with Crippen LogP contribution in [-0.2, 0) is 0 Å². The third-order valence-corrected chi connectivity index (χ3v) is 5.59. The summed E-state index contributed by atoms with van der Waals surface area (Å²) in [5, 5.41) is 10.7. The number of hydrogen-bond acceptors (Lipinski definition) is 3.